The Balaban J connectivity index is 1.54. The highest BCUT2D eigenvalue weighted by Gasteiger charge is 2.31. The molecule has 3 N–H and O–H groups in total. The van der Waals surface area contributed by atoms with Gasteiger partial charge in [-0.25, -0.2) is 19.9 Å². The van der Waals surface area contributed by atoms with Crippen LogP contribution < -0.4 is 16.0 Å². The summed E-state index contributed by atoms with van der Waals surface area (Å²) in [4.78, 5) is 72.0. The fraction of sp³-hybridized carbons (Fsp3) is 0.568. The molecule has 280 valence electrons. The minimum Gasteiger partial charge on any atom is -0.448 e. The van der Waals surface area contributed by atoms with Crippen molar-refractivity contribution in [3.8, 4) is 0 Å². The van der Waals surface area contributed by atoms with Crippen LogP contribution in [0.15, 0.2) is 42.7 Å². The molecule has 0 spiro atoms. The van der Waals surface area contributed by atoms with Crippen molar-refractivity contribution in [2.45, 2.75) is 112 Å². The third-order valence-electron chi connectivity index (χ3n) is 8.54. The summed E-state index contributed by atoms with van der Waals surface area (Å²) in [5.74, 6) is -1.10. The molecule has 0 saturated carbocycles. The predicted octanol–water partition coefficient (Wildman–Crippen LogP) is 6.91. The quantitative estimate of drug-likeness (QED) is 0.170. The number of rotatable bonds is 8. The zero-order valence-electron chi connectivity index (χ0n) is 31.0. The largest absolute Gasteiger partial charge is 0.448 e. The number of Topliss-reactive ketones (excluding diaryl/α,β-unsaturated/α-hetero) is 1. The van der Waals surface area contributed by atoms with Crippen LogP contribution in [0.25, 0.3) is 0 Å². The maximum atomic E-state index is 13.6. The summed E-state index contributed by atoms with van der Waals surface area (Å²) in [7, 11) is 0. The fourth-order valence-corrected chi connectivity index (χ4v) is 6.20. The van der Waals surface area contributed by atoms with Crippen LogP contribution in [-0.2, 0) is 0 Å². The van der Waals surface area contributed by atoms with E-state index < -0.39 is 41.8 Å². The van der Waals surface area contributed by atoms with Crippen molar-refractivity contribution in [2.24, 2.45) is 23.7 Å². The highest BCUT2D eigenvalue weighted by atomic mass is 16.4. The molecule has 1 aliphatic heterocycles. The van der Waals surface area contributed by atoms with Crippen molar-refractivity contribution in [3.05, 3.63) is 71.4 Å². The minimum absolute atomic E-state index is 0.00177. The highest BCUT2D eigenvalue weighted by molar-refractivity contribution is 5.95. The van der Waals surface area contributed by atoms with E-state index in [1.54, 1.807) is 0 Å². The lowest BCUT2D eigenvalue weighted by Gasteiger charge is -2.18. The first-order chi connectivity index (χ1) is 24.7. The van der Waals surface area contributed by atoms with Crippen LogP contribution in [0.1, 0.15) is 177 Å². The Hall–Kier alpha value is -5.08. The molecule has 4 atom stereocenters. The fourth-order valence-electron chi connectivity index (χ4n) is 6.20. The monoisotopic (exact) mass is 719 g/mol. The standard InChI is InChI=1S/C37H49N7O8/c1-18(2)9-22-13-30(45)26-14-50-35(41-26)23(10-19(3)4)38-32(47)28-16-52-37(43-28)25(12-21(7)8)40-33(48)29-17-51-36(44-29)24(11-20(5)6)39-31(46)27-15-49-34(22)42-27/h14-25H,9-13H2,1-8H3,(H,38,47)(H,39,46)(H,40,48). The number of carbonyl (C=O) groups is 4. The Morgan fingerprint density at radius 2 is 0.808 bits per heavy atom. The van der Waals surface area contributed by atoms with Crippen LogP contribution in [0.3, 0.4) is 0 Å². The third-order valence-corrected chi connectivity index (χ3v) is 8.54. The van der Waals surface area contributed by atoms with E-state index in [1.165, 1.54) is 25.1 Å². The topological polar surface area (TPSA) is 208 Å². The Labute approximate surface area is 302 Å². The lowest BCUT2D eigenvalue weighted by Crippen LogP contribution is -2.32. The van der Waals surface area contributed by atoms with Gasteiger partial charge >= 0.3 is 0 Å². The van der Waals surface area contributed by atoms with Gasteiger partial charge in [-0.15, -0.1) is 0 Å². The second-order valence-electron chi connectivity index (χ2n) is 15.2. The summed E-state index contributed by atoms with van der Waals surface area (Å²) in [6.07, 6.45) is 6.95. The van der Waals surface area contributed by atoms with Gasteiger partial charge in [-0.1, -0.05) is 55.4 Å². The van der Waals surface area contributed by atoms with Gasteiger partial charge in [0.25, 0.3) is 17.7 Å². The molecule has 0 aliphatic carbocycles. The van der Waals surface area contributed by atoms with E-state index in [4.69, 9.17) is 17.7 Å². The van der Waals surface area contributed by atoms with Gasteiger partial charge in [-0.3, -0.25) is 19.2 Å². The first kappa shape index (κ1) is 38.2. The lowest BCUT2D eigenvalue weighted by molar-refractivity contribution is 0.0911. The molecule has 5 heterocycles. The molecule has 0 fully saturated rings. The Bertz CT molecular complexity index is 1580. The van der Waals surface area contributed by atoms with Gasteiger partial charge in [0.1, 0.15) is 48.9 Å². The molecule has 52 heavy (non-hydrogen) atoms. The van der Waals surface area contributed by atoms with Crippen molar-refractivity contribution < 1.29 is 36.8 Å². The zero-order valence-corrected chi connectivity index (χ0v) is 31.0. The predicted molar refractivity (Wildman–Crippen MR) is 186 cm³/mol. The summed E-state index contributed by atoms with van der Waals surface area (Å²) in [5, 5.41) is 8.76. The van der Waals surface area contributed by atoms with Gasteiger partial charge < -0.3 is 33.6 Å². The Kier molecular flexibility index (Phi) is 12.1. The van der Waals surface area contributed by atoms with E-state index in [-0.39, 0.29) is 82.2 Å². The Morgan fingerprint density at radius 1 is 0.500 bits per heavy atom. The van der Waals surface area contributed by atoms with Crippen molar-refractivity contribution in [1.29, 1.82) is 0 Å². The zero-order chi connectivity index (χ0) is 37.7. The molecule has 3 amide bonds. The summed E-state index contributed by atoms with van der Waals surface area (Å²) < 4.78 is 23.0. The van der Waals surface area contributed by atoms with E-state index in [0.717, 1.165) is 0 Å². The normalized spacial score (nSPS) is 20.7. The summed E-state index contributed by atoms with van der Waals surface area (Å²) in [6.45, 7) is 16.0. The van der Waals surface area contributed by atoms with Crippen molar-refractivity contribution >= 4 is 23.5 Å². The van der Waals surface area contributed by atoms with Gasteiger partial charge in [-0.2, -0.15) is 0 Å². The molecule has 5 rings (SSSR count). The van der Waals surface area contributed by atoms with Gasteiger partial charge in [0, 0.05) is 12.3 Å². The van der Waals surface area contributed by atoms with E-state index in [2.05, 4.69) is 35.9 Å². The molecule has 15 heteroatoms. The molecule has 4 aromatic rings. The number of hydrogen-bond donors (Lipinski definition) is 3. The number of nitrogens with one attached hydrogen (secondary N) is 3. The van der Waals surface area contributed by atoms with Crippen molar-refractivity contribution in [2.75, 3.05) is 0 Å². The van der Waals surface area contributed by atoms with Crippen LogP contribution in [0.2, 0.25) is 0 Å². The molecule has 4 aromatic heterocycles. The number of ketones is 1. The lowest BCUT2D eigenvalue weighted by atomic mass is 9.91. The average molecular weight is 720 g/mol. The number of oxazole rings is 4. The van der Waals surface area contributed by atoms with E-state index in [0.29, 0.717) is 25.7 Å². The number of nitrogens with zero attached hydrogens (tertiary/aromatic N) is 4. The Morgan fingerprint density at radius 3 is 1.17 bits per heavy atom. The number of fused-ring (bicyclic) bond motifs is 8. The maximum Gasteiger partial charge on any atom is 0.273 e. The van der Waals surface area contributed by atoms with Crippen LogP contribution in [-0.4, -0.2) is 43.4 Å². The smallest absolute Gasteiger partial charge is 0.273 e. The maximum absolute atomic E-state index is 13.6. The van der Waals surface area contributed by atoms with Crippen molar-refractivity contribution in [3.63, 3.8) is 0 Å². The number of hydrogen-bond acceptors (Lipinski definition) is 12. The molecule has 1 aliphatic rings. The SMILES string of the molecule is CC(C)CC1CC(=O)c2coc(n2)C(CC(C)C)NC(=O)c2coc(n2)C(CC(C)C)NC(=O)c2coc(n2)C(CC(C)C)NC(=O)c2coc1n2. The summed E-state index contributed by atoms with van der Waals surface area (Å²) in [6, 6.07) is -2.06. The summed E-state index contributed by atoms with van der Waals surface area (Å²) >= 11 is 0. The van der Waals surface area contributed by atoms with E-state index in [9.17, 15) is 19.2 Å². The van der Waals surface area contributed by atoms with Crippen LogP contribution in [0.5, 0.6) is 0 Å². The van der Waals surface area contributed by atoms with Gasteiger partial charge in [0.2, 0.25) is 17.7 Å². The number of amides is 3. The van der Waals surface area contributed by atoms with Gasteiger partial charge in [-0.05, 0) is 49.4 Å². The second-order valence-corrected chi connectivity index (χ2v) is 15.2. The third kappa shape index (κ3) is 9.62. The molecule has 0 radical (unpaired) electrons. The highest BCUT2D eigenvalue weighted by Crippen LogP contribution is 2.30. The van der Waals surface area contributed by atoms with Crippen LogP contribution >= 0.6 is 0 Å². The molecular weight excluding hydrogens is 670 g/mol. The van der Waals surface area contributed by atoms with Crippen molar-refractivity contribution in [1.82, 2.24) is 35.9 Å². The minimum atomic E-state index is -0.696. The number of aromatic nitrogens is 4. The van der Waals surface area contributed by atoms with Crippen LogP contribution in [0, 0.1) is 23.7 Å². The molecule has 4 unspecified atom stereocenters. The first-order valence-corrected chi connectivity index (χ1v) is 17.9. The average Bonchev–Trinajstić information content (AvgIpc) is 3.88. The molecule has 8 bridgehead atoms. The molecule has 15 nitrogen and oxygen atoms in total. The first-order valence-electron chi connectivity index (χ1n) is 17.9. The summed E-state index contributed by atoms with van der Waals surface area (Å²) in [5.41, 5.74) is 0.129. The second kappa shape index (κ2) is 16.5. The molecule has 0 saturated heterocycles. The van der Waals surface area contributed by atoms with Gasteiger partial charge in [0.05, 0.1) is 0 Å². The van der Waals surface area contributed by atoms with Crippen LogP contribution in [0.4, 0.5) is 0 Å². The molecule has 0 aromatic carbocycles. The molecular formula is C37H49N7O8. The van der Waals surface area contributed by atoms with Gasteiger partial charge in [0.15, 0.2) is 28.8 Å². The van der Waals surface area contributed by atoms with E-state index >= 15 is 0 Å². The number of carbonyl (C=O) groups excluding carboxylic acids is 4. The van der Waals surface area contributed by atoms with E-state index in [1.807, 2.05) is 55.4 Å².